The largest absolute Gasteiger partial charge is 0.507 e. The maximum absolute atomic E-state index is 10.8. The SMILES string of the molecule is COc1c(OC)c2c3c(c(C)c(C)c2c2c(C)c(C)c(O)c(C)c12)N(C)C(C)C3C. The molecule has 4 heteroatoms. The topological polar surface area (TPSA) is 41.9 Å². The molecule has 0 radical (unpaired) electrons. The van der Waals surface area contributed by atoms with Crippen molar-refractivity contribution in [2.75, 3.05) is 26.2 Å². The van der Waals surface area contributed by atoms with Gasteiger partial charge in [-0.1, -0.05) is 6.92 Å². The first-order chi connectivity index (χ1) is 14.1. The summed E-state index contributed by atoms with van der Waals surface area (Å²) in [7, 11) is 5.59. The Morgan fingerprint density at radius 2 is 1.20 bits per heavy atom. The molecule has 0 aliphatic carbocycles. The number of anilines is 1. The van der Waals surface area contributed by atoms with Gasteiger partial charge in [0.25, 0.3) is 0 Å². The highest BCUT2D eigenvalue weighted by Crippen LogP contribution is 2.56. The monoisotopic (exact) mass is 407 g/mol. The van der Waals surface area contributed by atoms with Crippen LogP contribution in [0.3, 0.4) is 0 Å². The first-order valence-corrected chi connectivity index (χ1v) is 10.7. The van der Waals surface area contributed by atoms with Gasteiger partial charge < -0.3 is 19.5 Å². The Morgan fingerprint density at radius 3 is 1.77 bits per heavy atom. The molecule has 1 N–H and O–H groups in total. The van der Waals surface area contributed by atoms with Crippen molar-refractivity contribution >= 4 is 27.2 Å². The number of hydrogen-bond donors (Lipinski definition) is 1. The zero-order chi connectivity index (χ0) is 22.2. The molecule has 0 spiro atoms. The molecule has 4 nitrogen and oxygen atoms in total. The molecule has 2 unspecified atom stereocenters. The predicted octanol–water partition coefficient (Wildman–Crippen LogP) is 6.20. The van der Waals surface area contributed by atoms with Crippen LogP contribution in [-0.4, -0.2) is 32.4 Å². The van der Waals surface area contributed by atoms with Gasteiger partial charge in [0.1, 0.15) is 5.75 Å². The third-order valence-electron chi connectivity index (χ3n) is 7.80. The highest BCUT2D eigenvalue weighted by atomic mass is 16.5. The van der Waals surface area contributed by atoms with E-state index in [4.69, 9.17) is 9.47 Å². The Balaban J connectivity index is 2.45. The van der Waals surface area contributed by atoms with Gasteiger partial charge in [0.05, 0.1) is 14.2 Å². The van der Waals surface area contributed by atoms with Crippen molar-refractivity contribution in [2.45, 2.75) is 60.4 Å². The number of benzene rings is 3. The van der Waals surface area contributed by atoms with Crippen molar-refractivity contribution in [3.63, 3.8) is 0 Å². The van der Waals surface area contributed by atoms with Crippen LogP contribution >= 0.6 is 0 Å². The van der Waals surface area contributed by atoms with E-state index in [0.717, 1.165) is 38.6 Å². The second-order valence-electron chi connectivity index (χ2n) is 8.94. The lowest BCUT2D eigenvalue weighted by Crippen LogP contribution is -2.26. The Labute approximate surface area is 179 Å². The summed E-state index contributed by atoms with van der Waals surface area (Å²) < 4.78 is 12.0. The lowest BCUT2D eigenvalue weighted by Gasteiger charge is -2.25. The molecular weight excluding hydrogens is 374 g/mol. The maximum Gasteiger partial charge on any atom is 0.169 e. The first-order valence-electron chi connectivity index (χ1n) is 10.7. The number of aryl methyl sites for hydroxylation is 3. The number of ether oxygens (including phenoxy) is 2. The summed E-state index contributed by atoms with van der Waals surface area (Å²) in [5.74, 6) is 2.16. The average Bonchev–Trinajstić information content (AvgIpc) is 2.96. The normalized spacial score (nSPS) is 18.4. The van der Waals surface area contributed by atoms with Gasteiger partial charge in [-0.2, -0.15) is 0 Å². The zero-order valence-electron chi connectivity index (χ0n) is 19.9. The van der Waals surface area contributed by atoms with E-state index in [1.165, 1.54) is 27.8 Å². The quantitative estimate of drug-likeness (QED) is 0.514. The molecule has 160 valence electrons. The maximum atomic E-state index is 10.8. The van der Waals surface area contributed by atoms with Gasteiger partial charge in [0.15, 0.2) is 11.5 Å². The number of aromatic hydroxyl groups is 1. The molecule has 1 heterocycles. The number of rotatable bonds is 2. The van der Waals surface area contributed by atoms with E-state index in [9.17, 15) is 5.11 Å². The number of nitrogens with zero attached hydrogens (tertiary/aromatic N) is 1. The number of hydrogen-bond acceptors (Lipinski definition) is 4. The van der Waals surface area contributed by atoms with E-state index in [2.05, 4.69) is 46.6 Å². The van der Waals surface area contributed by atoms with Gasteiger partial charge in [-0.05, 0) is 80.1 Å². The van der Waals surface area contributed by atoms with Crippen LogP contribution in [0.2, 0.25) is 0 Å². The molecule has 1 aliphatic rings. The Kier molecular flexibility index (Phi) is 4.61. The fourth-order valence-corrected chi connectivity index (χ4v) is 5.59. The average molecular weight is 408 g/mol. The van der Waals surface area contributed by atoms with Crippen LogP contribution in [0.4, 0.5) is 5.69 Å². The van der Waals surface area contributed by atoms with Crippen LogP contribution in [-0.2, 0) is 0 Å². The molecule has 30 heavy (non-hydrogen) atoms. The van der Waals surface area contributed by atoms with Crippen LogP contribution < -0.4 is 14.4 Å². The van der Waals surface area contributed by atoms with Crippen LogP contribution in [0.5, 0.6) is 17.2 Å². The van der Waals surface area contributed by atoms with E-state index in [-0.39, 0.29) is 0 Å². The Morgan fingerprint density at radius 1 is 0.700 bits per heavy atom. The minimum Gasteiger partial charge on any atom is -0.507 e. The van der Waals surface area contributed by atoms with E-state index < -0.39 is 0 Å². The van der Waals surface area contributed by atoms with Crippen molar-refractivity contribution < 1.29 is 14.6 Å². The minimum atomic E-state index is 0.331. The van der Waals surface area contributed by atoms with Gasteiger partial charge in [-0.25, -0.2) is 0 Å². The summed E-state index contributed by atoms with van der Waals surface area (Å²) in [4.78, 5) is 2.40. The van der Waals surface area contributed by atoms with Gasteiger partial charge >= 0.3 is 0 Å². The predicted molar refractivity (Wildman–Crippen MR) is 126 cm³/mol. The van der Waals surface area contributed by atoms with Crippen LogP contribution in [0.25, 0.3) is 21.5 Å². The fourth-order valence-electron chi connectivity index (χ4n) is 5.59. The summed E-state index contributed by atoms with van der Waals surface area (Å²) in [5.41, 5.74) is 8.06. The van der Waals surface area contributed by atoms with Gasteiger partial charge in [0.2, 0.25) is 0 Å². The summed E-state index contributed by atoms with van der Waals surface area (Å²) in [5, 5.41) is 15.3. The molecule has 3 aromatic carbocycles. The molecule has 0 fully saturated rings. The summed E-state index contributed by atoms with van der Waals surface area (Å²) >= 11 is 0. The standard InChI is InChI=1S/C26H33NO3/c1-11-13(3)23-20(15(5)17(7)27(23)8)22-19(11)18-12(2)14(4)24(28)16(6)21(18)25(29-9)26(22)30-10/h15,17,28H,1-10H3. The molecule has 1 aliphatic heterocycles. The van der Waals surface area contributed by atoms with Crippen molar-refractivity contribution in [3.8, 4) is 17.2 Å². The number of phenolic OH excluding ortho intramolecular Hbond substituents is 1. The number of likely N-dealkylation sites (N-methyl/N-ethyl adjacent to an activating group) is 1. The highest BCUT2D eigenvalue weighted by Gasteiger charge is 2.37. The van der Waals surface area contributed by atoms with Crippen molar-refractivity contribution in [1.29, 1.82) is 0 Å². The smallest absolute Gasteiger partial charge is 0.169 e. The molecule has 4 rings (SSSR count). The first kappa shape index (κ1) is 20.6. The molecule has 3 aromatic rings. The number of phenols is 1. The van der Waals surface area contributed by atoms with E-state index in [0.29, 0.717) is 23.5 Å². The van der Waals surface area contributed by atoms with Gasteiger partial charge in [0, 0.05) is 41.0 Å². The minimum absolute atomic E-state index is 0.331. The molecule has 0 aromatic heterocycles. The van der Waals surface area contributed by atoms with Gasteiger partial charge in [-0.15, -0.1) is 0 Å². The molecule has 0 bridgehead atoms. The van der Waals surface area contributed by atoms with Crippen LogP contribution in [0.15, 0.2) is 0 Å². The second-order valence-corrected chi connectivity index (χ2v) is 8.94. The third-order valence-corrected chi connectivity index (χ3v) is 7.80. The Hall–Kier alpha value is -2.62. The second kappa shape index (κ2) is 6.69. The molecule has 2 atom stereocenters. The molecule has 0 saturated carbocycles. The molecule has 0 amide bonds. The van der Waals surface area contributed by atoms with Crippen molar-refractivity contribution in [2.24, 2.45) is 0 Å². The molecular formula is C26H33NO3. The lowest BCUT2D eigenvalue weighted by molar-refractivity contribution is 0.361. The van der Waals surface area contributed by atoms with E-state index in [1.54, 1.807) is 14.2 Å². The van der Waals surface area contributed by atoms with Gasteiger partial charge in [-0.3, -0.25) is 0 Å². The van der Waals surface area contributed by atoms with E-state index >= 15 is 0 Å². The van der Waals surface area contributed by atoms with E-state index in [1.807, 2.05) is 13.8 Å². The Bertz CT molecular complexity index is 1230. The lowest BCUT2D eigenvalue weighted by atomic mass is 9.83. The number of methoxy groups -OCH3 is 2. The fraction of sp³-hybridized carbons (Fsp3) is 0.462. The van der Waals surface area contributed by atoms with Crippen LogP contribution in [0, 0.1) is 34.6 Å². The highest BCUT2D eigenvalue weighted by molar-refractivity contribution is 6.20. The summed E-state index contributed by atoms with van der Waals surface area (Å²) in [6.45, 7) is 15.1. The summed E-state index contributed by atoms with van der Waals surface area (Å²) in [6, 6.07) is 0.402. The summed E-state index contributed by atoms with van der Waals surface area (Å²) in [6.07, 6.45) is 0. The zero-order valence-corrected chi connectivity index (χ0v) is 19.9. The van der Waals surface area contributed by atoms with Crippen molar-refractivity contribution in [3.05, 3.63) is 33.4 Å². The number of fused-ring (bicyclic) bond motifs is 5. The third kappa shape index (κ3) is 2.28. The van der Waals surface area contributed by atoms with Crippen LogP contribution in [0.1, 0.15) is 53.1 Å². The molecule has 0 saturated heterocycles. The van der Waals surface area contributed by atoms with Crippen molar-refractivity contribution in [1.82, 2.24) is 0 Å².